The van der Waals surface area contributed by atoms with Gasteiger partial charge in [0, 0.05) is 32.4 Å². The van der Waals surface area contributed by atoms with Crippen molar-refractivity contribution in [2.24, 2.45) is 4.99 Å². The van der Waals surface area contributed by atoms with Crippen molar-refractivity contribution in [3.63, 3.8) is 0 Å². The molecule has 0 aromatic heterocycles. The predicted octanol–water partition coefficient (Wildman–Crippen LogP) is 2.05. The summed E-state index contributed by atoms with van der Waals surface area (Å²) >= 11 is 0. The minimum Gasteiger partial charge on any atom is -0.354 e. The van der Waals surface area contributed by atoms with Gasteiger partial charge in [-0.1, -0.05) is 24.3 Å². The molecule has 0 aromatic carbocycles. The van der Waals surface area contributed by atoms with E-state index < -0.39 is 0 Å². The maximum atomic E-state index is 4.57. The van der Waals surface area contributed by atoms with E-state index in [4.69, 9.17) is 0 Å². The lowest BCUT2D eigenvalue weighted by Gasteiger charge is -2.35. The number of nitrogens with zero attached hydrogens (tertiary/aromatic N) is 3. The smallest absolute Gasteiger partial charge is 0.131 e. The molecule has 1 fully saturated rings. The summed E-state index contributed by atoms with van der Waals surface area (Å²) in [6.07, 6.45) is 11.5. The van der Waals surface area contributed by atoms with E-state index in [2.05, 4.69) is 46.1 Å². The Morgan fingerprint density at radius 2 is 2.00 bits per heavy atom. The molecular weight excluding hydrogens is 210 g/mol. The third-order valence-electron chi connectivity index (χ3n) is 3.22. The van der Waals surface area contributed by atoms with Crippen molar-refractivity contribution in [3.05, 3.63) is 35.7 Å². The Bertz CT molecular complexity index is 369. The standard InChI is InChI=1S/C14H21N3/c1-3-15-14(13-7-5-4-6-8-13)17-11-9-16(2)10-12-17/h3-7H,8-12H2,1-2H3/b14-13+,15-3-. The van der Waals surface area contributed by atoms with Crippen LogP contribution in [0.3, 0.4) is 0 Å². The summed E-state index contributed by atoms with van der Waals surface area (Å²) in [5, 5.41) is 0. The van der Waals surface area contributed by atoms with Gasteiger partial charge >= 0.3 is 0 Å². The van der Waals surface area contributed by atoms with E-state index >= 15 is 0 Å². The molecule has 1 saturated heterocycles. The summed E-state index contributed by atoms with van der Waals surface area (Å²) in [5.41, 5.74) is 1.33. The van der Waals surface area contributed by atoms with E-state index in [1.165, 1.54) is 5.57 Å². The van der Waals surface area contributed by atoms with Gasteiger partial charge in [-0.15, -0.1) is 0 Å². The fourth-order valence-corrected chi connectivity index (χ4v) is 2.19. The molecule has 0 spiro atoms. The lowest BCUT2D eigenvalue weighted by atomic mass is 10.1. The summed E-state index contributed by atoms with van der Waals surface area (Å²) in [5.74, 6) is 1.15. The molecule has 3 nitrogen and oxygen atoms in total. The van der Waals surface area contributed by atoms with Gasteiger partial charge in [0.05, 0.1) is 0 Å². The highest BCUT2D eigenvalue weighted by Crippen LogP contribution is 2.20. The van der Waals surface area contributed by atoms with E-state index in [1.54, 1.807) is 0 Å². The number of allylic oxidation sites excluding steroid dienone is 5. The number of aliphatic imine (C=N–C) groups is 1. The fourth-order valence-electron chi connectivity index (χ4n) is 2.19. The molecule has 0 radical (unpaired) electrons. The van der Waals surface area contributed by atoms with Gasteiger partial charge in [-0.25, -0.2) is 4.99 Å². The zero-order chi connectivity index (χ0) is 12.1. The molecule has 92 valence electrons. The number of rotatable bonds is 2. The van der Waals surface area contributed by atoms with Crippen molar-refractivity contribution < 1.29 is 0 Å². The van der Waals surface area contributed by atoms with Crippen molar-refractivity contribution in [2.75, 3.05) is 33.2 Å². The van der Waals surface area contributed by atoms with Gasteiger partial charge in [-0.3, -0.25) is 0 Å². The highest BCUT2D eigenvalue weighted by atomic mass is 15.3. The molecular formula is C14H21N3. The van der Waals surface area contributed by atoms with E-state index in [1.807, 2.05) is 13.1 Å². The molecule has 0 amide bonds. The van der Waals surface area contributed by atoms with Gasteiger partial charge in [-0.2, -0.15) is 0 Å². The molecule has 1 aliphatic carbocycles. The molecule has 0 N–H and O–H groups in total. The lowest BCUT2D eigenvalue weighted by Crippen LogP contribution is -2.43. The van der Waals surface area contributed by atoms with Gasteiger partial charge in [0.1, 0.15) is 5.82 Å². The maximum absolute atomic E-state index is 4.57. The van der Waals surface area contributed by atoms with E-state index in [9.17, 15) is 0 Å². The third kappa shape index (κ3) is 3.07. The molecule has 0 aromatic rings. The molecule has 0 bridgehead atoms. The summed E-state index contributed by atoms with van der Waals surface area (Å²) in [6, 6.07) is 0. The number of hydrogen-bond donors (Lipinski definition) is 0. The van der Waals surface area contributed by atoms with Crippen LogP contribution in [0.4, 0.5) is 0 Å². The van der Waals surface area contributed by atoms with Gasteiger partial charge in [0.25, 0.3) is 0 Å². The van der Waals surface area contributed by atoms with Crippen molar-refractivity contribution in [2.45, 2.75) is 13.3 Å². The lowest BCUT2D eigenvalue weighted by molar-refractivity contribution is 0.184. The van der Waals surface area contributed by atoms with Crippen LogP contribution in [0.25, 0.3) is 0 Å². The van der Waals surface area contributed by atoms with Gasteiger partial charge in [0.2, 0.25) is 0 Å². The molecule has 3 heteroatoms. The minimum atomic E-state index is 0.996. The Morgan fingerprint density at radius 1 is 1.24 bits per heavy atom. The number of likely N-dealkylation sites (N-methyl/N-ethyl adjacent to an activating group) is 1. The average Bonchev–Trinajstić information content (AvgIpc) is 2.38. The second kappa shape index (κ2) is 5.82. The van der Waals surface area contributed by atoms with Crippen molar-refractivity contribution in [3.8, 4) is 0 Å². The maximum Gasteiger partial charge on any atom is 0.131 e. The zero-order valence-electron chi connectivity index (χ0n) is 10.8. The average molecular weight is 231 g/mol. The molecule has 2 rings (SSSR count). The Kier molecular flexibility index (Phi) is 4.15. The third-order valence-corrected chi connectivity index (χ3v) is 3.22. The number of hydrogen-bond acceptors (Lipinski definition) is 3. The van der Waals surface area contributed by atoms with Crippen molar-refractivity contribution >= 4 is 6.21 Å². The molecule has 0 atom stereocenters. The quantitative estimate of drug-likeness (QED) is 0.677. The summed E-state index contributed by atoms with van der Waals surface area (Å²) < 4.78 is 0. The number of piperazine rings is 1. The largest absolute Gasteiger partial charge is 0.354 e. The predicted molar refractivity (Wildman–Crippen MR) is 73.2 cm³/mol. The van der Waals surface area contributed by atoms with E-state index in [0.29, 0.717) is 0 Å². The van der Waals surface area contributed by atoms with Crippen LogP contribution in [0, 0.1) is 0 Å². The molecule has 0 saturated carbocycles. The highest BCUT2D eigenvalue weighted by Gasteiger charge is 2.17. The first-order valence-electron chi connectivity index (χ1n) is 6.30. The van der Waals surface area contributed by atoms with Crippen LogP contribution in [-0.4, -0.2) is 49.2 Å². The molecule has 2 aliphatic rings. The second-order valence-corrected chi connectivity index (χ2v) is 4.52. The van der Waals surface area contributed by atoms with Crippen molar-refractivity contribution in [1.82, 2.24) is 9.80 Å². The van der Waals surface area contributed by atoms with Crippen LogP contribution in [0.1, 0.15) is 13.3 Å². The van der Waals surface area contributed by atoms with Crippen LogP contribution in [0.2, 0.25) is 0 Å². The first-order valence-corrected chi connectivity index (χ1v) is 6.30. The van der Waals surface area contributed by atoms with Gasteiger partial charge < -0.3 is 9.80 Å². The molecule has 1 heterocycles. The van der Waals surface area contributed by atoms with Gasteiger partial charge in [0.15, 0.2) is 0 Å². The topological polar surface area (TPSA) is 18.8 Å². The highest BCUT2D eigenvalue weighted by molar-refractivity contribution is 5.56. The Hall–Kier alpha value is -1.35. The second-order valence-electron chi connectivity index (χ2n) is 4.52. The first-order chi connectivity index (χ1) is 8.31. The van der Waals surface area contributed by atoms with Crippen molar-refractivity contribution in [1.29, 1.82) is 0 Å². The monoisotopic (exact) mass is 231 g/mol. The Labute approximate surface area is 104 Å². The van der Waals surface area contributed by atoms with E-state index in [0.717, 1.165) is 38.4 Å². The normalized spacial score (nSPS) is 24.7. The fraction of sp³-hybridized carbons (Fsp3) is 0.500. The van der Waals surface area contributed by atoms with Crippen LogP contribution < -0.4 is 0 Å². The zero-order valence-corrected chi connectivity index (χ0v) is 10.8. The Balaban J connectivity index is 2.17. The summed E-state index contributed by atoms with van der Waals surface area (Å²) in [7, 11) is 2.18. The van der Waals surface area contributed by atoms with Crippen LogP contribution in [0.15, 0.2) is 40.7 Å². The first kappa shape index (κ1) is 12.1. The summed E-state index contributed by atoms with van der Waals surface area (Å²) in [4.78, 5) is 9.34. The summed E-state index contributed by atoms with van der Waals surface area (Å²) in [6.45, 7) is 6.37. The molecule has 0 unspecified atom stereocenters. The van der Waals surface area contributed by atoms with Crippen LogP contribution >= 0.6 is 0 Å². The molecule has 17 heavy (non-hydrogen) atoms. The van der Waals surface area contributed by atoms with Crippen LogP contribution in [0.5, 0.6) is 0 Å². The minimum absolute atomic E-state index is 0.996. The van der Waals surface area contributed by atoms with E-state index in [-0.39, 0.29) is 0 Å². The molecule has 1 aliphatic heterocycles. The van der Waals surface area contributed by atoms with Crippen LogP contribution in [-0.2, 0) is 0 Å². The SMILES string of the molecule is C/C=N\C(=C1\C=CC=CC1)N1CCN(C)CC1. The Morgan fingerprint density at radius 3 is 2.59 bits per heavy atom. The van der Waals surface area contributed by atoms with Gasteiger partial charge in [-0.05, 0) is 26.0 Å².